The number of aromatic nitrogens is 2. The van der Waals surface area contributed by atoms with Gasteiger partial charge in [0, 0.05) is 17.3 Å². The van der Waals surface area contributed by atoms with E-state index in [1.54, 1.807) is 31.4 Å². The Balaban J connectivity index is 1.43. The fourth-order valence-electron chi connectivity index (χ4n) is 3.55. The molecule has 1 aromatic heterocycles. The minimum Gasteiger partial charge on any atom is -0.497 e. The van der Waals surface area contributed by atoms with E-state index in [1.807, 2.05) is 29.2 Å². The van der Waals surface area contributed by atoms with Crippen molar-refractivity contribution in [3.05, 3.63) is 69.1 Å². The number of methoxy groups -OCH3 is 1. The van der Waals surface area contributed by atoms with E-state index in [4.69, 9.17) is 16.3 Å². The van der Waals surface area contributed by atoms with Crippen LogP contribution < -0.4 is 10.1 Å². The number of halogens is 1. The average Bonchev–Trinajstić information content (AvgIpc) is 3.44. The molecule has 0 radical (unpaired) electrons. The van der Waals surface area contributed by atoms with Crippen LogP contribution in [0.1, 0.15) is 39.3 Å². The molecule has 2 heterocycles. The first-order valence-electron chi connectivity index (χ1n) is 9.86. The first-order valence-corrected chi connectivity index (χ1v) is 11.1. The van der Waals surface area contributed by atoms with Crippen LogP contribution in [0.2, 0.25) is 5.02 Å². The predicted octanol–water partition coefficient (Wildman–Crippen LogP) is 4.36. The van der Waals surface area contributed by atoms with Crippen molar-refractivity contribution in [1.29, 1.82) is 0 Å². The van der Waals surface area contributed by atoms with Crippen LogP contribution in [-0.4, -0.2) is 40.6 Å². The number of likely N-dealkylation sites (tertiary alicyclic amines) is 1. The number of nitrogens with one attached hydrogen (secondary N) is 1. The number of amides is 2. The number of anilines is 1. The van der Waals surface area contributed by atoms with Gasteiger partial charge in [-0.2, -0.15) is 0 Å². The summed E-state index contributed by atoms with van der Waals surface area (Å²) in [6, 6.07) is 14.2. The molecule has 7 nitrogen and oxygen atoms in total. The lowest BCUT2D eigenvalue weighted by Crippen LogP contribution is -2.31. The molecular weight excluding hydrogens is 436 g/mol. The van der Waals surface area contributed by atoms with Crippen molar-refractivity contribution in [2.75, 3.05) is 19.0 Å². The lowest BCUT2D eigenvalue weighted by molar-refractivity contribution is -0.131. The molecule has 0 aliphatic carbocycles. The van der Waals surface area contributed by atoms with Gasteiger partial charge in [0.05, 0.1) is 19.6 Å². The molecule has 0 bridgehead atoms. The van der Waals surface area contributed by atoms with Gasteiger partial charge >= 0.3 is 0 Å². The topological polar surface area (TPSA) is 84.4 Å². The third kappa shape index (κ3) is 5.03. The summed E-state index contributed by atoms with van der Waals surface area (Å²) < 4.78 is 5.17. The van der Waals surface area contributed by atoms with Gasteiger partial charge in [-0.25, -0.2) is 0 Å². The monoisotopic (exact) mass is 456 g/mol. The SMILES string of the molecule is COc1ccc(CC(=O)N2CCC[C@H]2c2nnc(C(=O)Nc3cccc(Cl)c3)s2)cc1. The van der Waals surface area contributed by atoms with Crippen molar-refractivity contribution in [2.45, 2.75) is 25.3 Å². The normalized spacial score (nSPS) is 15.7. The van der Waals surface area contributed by atoms with Crippen LogP contribution in [0, 0.1) is 0 Å². The van der Waals surface area contributed by atoms with Gasteiger partial charge in [-0.3, -0.25) is 9.59 Å². The second kappa shape index (κ2) is 9.45. The molecule has 1 fully saturated rings. The fourth-order valence-corrected chi connectivity index (χ4v) is 4.63. The summed E-state index contributed by atoms with van der Waals surface area (Å²) in [5, 5.41) is 12.5. The van der Waals surface area contributed by atoms with Gasteiger partial charge in [0.2, 0.25) is 10.9 Å². The van der Waals surface area contributed by atoms with Gasteiger partial charge in [-0.05, 0) is 48.7 Å². The first kappa shape index (κ1) is 21.3. The predicted molar refractivity (Wildman–Crippen MR) is 120 cm³/mol. The highest BCUT2D eigenvalue weighted by Crippen LogP contribution is 2.34. The average molecular weight is 457 g/mol. The summed E-state index contributed by atoms with van der Waals surface area (Å²) in [7, 11) is 1.61. The van der Waals surface area contributed by atoms with Crippen LogP contribution in [-0.2, 0) is 11.2 Å². The second-order valence-electron chi connectivity index (χ2n) is 7.18. The molecule has 2 aromatic carbocycles. The van der Waals surface area contributed by atoms with Gasteiger partial charge in [0.15, 0.2) is 0 Å². The number of hydrogen-bond acceptors (Lipinski definition) is 6. The fraction of sp³-hybridized carbons (Fsp3) is 0.273. The third-order valence-corrected chi connectivity index (χ3v) is 6.35. The van der Waals surface area contributed by atoms with Gasteiger partial charge in [-0.15, -0.1) is 10.2 Å². The highest BCUT2D eigenvalue weighted by atomic mass is 35.5. The lowest BCUT2D eigenvalue weighted by Gasteiger charge is -2.22. The summed E-state index contributed by atoms with van der Waals surface area (Å²) in [6.07, 6.45) is 2.00. The van der Waals surface area contributed by atoms with Crippen LogP contribution in [0.4, 0.5) is 5.69 Å². The quantitative estimate of drug-likeness (QED) is 0.595. The van der Waals surface area contributed by atoms with E-state index < -0.39 is 0 Å². The van der Waals surface area contributed by atoms with Crippen LogP contribution in [0.15, 0.2) is 48.5 Å². The molecule has 31 heavy (non-hydrogen) atoms. The minimum atomic E-state index is -0.347. The Hall–Kier alpha value is -2.97. The second-order valence-corrected chi connectivity index (χ2v) is 8.63. The number of hydrogen-bond donors (Lipinski definition) is 1. The largest absolute Gasteiger partial charge is 0.497 e. The molecular formula is C22H21ClN4O3S. The molecule has 0 spiro atoms. The molecule has 4 rings (SSSR count). The van der Waals surface area contributed by atoms with Crippen molar-refractivity contribution in [3.8, 4) is 5.75 Å². The Bertz CT molecular complexity index is 1090. The van der Waals surface area contributed by atoms with Gasteiger partial charge in [0.25, 0.3) is 5.91 Å². The van der Waals surface area contributed by atoms with Crippen molar-refractivity contribution >= 4 is 40.4 Å². The first-order chi connectivity index (χ1) is 15.0. The summed E-state index contributed by atoms with van der Waals surface area (Å²) in [5.74, 6) is 0.445. The van der Waals surface area contributed by atoms with Crippen LogP contribution >= 0.6 is 22.9 Å². The Kier molecular flexibility index (Phi) is 6.48. The number of ether oxygens (including phenoxy) is 1. The van der Waals surface area contributed by atoms with Crippen LogP contribution in [0.25, 0.3) is 0 Å². The maximum Gasteiger partial charge on any atom is 0.286 e. The zero-order valence-electron chi connectivity index (χ0n) is 16.9. The number of benzene rings is 2. The molecule has 1 N–H and O–H groups in total. The molecule has 9 heteroatoms. The van der Waals surface area contributed by atoms with Crippen LogP contribution in [0.3, 0.4) is 0 Å². The summed E-state index contributed by atoms with van der Waals surface area (Å²) >= 11 is 7.18. The minimum absolute atomic E-state index is 0.0350. The third-order valence-electron chi connectivity index (χ3n) is 5.09. The molecule has 0 unspecified atom stereocenters. The number of carbonyl (C=O) groups is 2. The van der Waals surface area contributed by atoms with E-state index in [0.717, 1.165) is 24.2 Å². The lowest BCUT2D eigenvalue weighted by atomic mass is 10.1. The summed E-state index contributed by atoms with van der Waals surface area (Å²) in [6.45, 7) is 0.670. The van der Waals surface area contributed by atoms with E-state index in [-0.39, 0.29) is 22.9 Å². The number of rotatable bonds is 6. The Morgan fingerprint density at radius 1 is 1.23 bits per heavy atom. The highest BCUT2D eigenvalue weighted by Gasteiger charge is 2.33. The molecule has 1 aliphatic rings. The van der Waals surface area contributed by atoms with Crippen LogP contribution in [0.5, 0.6) is 5.75 Å². The van der Waals surface area contributed by atoms with E-state index in [9.17, 15) is 9.59 Å². The number of carbonyl (C=O) groups excluding carboxylic acids is 2. The Labute approximate surface area is 189 Å². The summed E-state index contributed by atoms with van der Waals surface area (Å²) in [5.41, 5.74) is 1.52. The molecule has 0 saturated carbocycles. The maximum absolute atomic E-state index is 12.9. The maximum atomic E-state index is 12.9. The Morgan fingerprint density at radius 2 is 2.03 bits per heavy atom. The zero-order chi connectivity index (χ0) is 21.8. The standard InChI is InChI=1S/C22H21ClN4O3S/c1-30-17-9-7-14(8-10-17)12-19(28)27-11-3-6-18(27)21-25-26-22(31-21)20(29)24-16-5-2-4-15(23)13-16/h2,4-5,7-10,13,18H,3,6,11-12H2,1H3,(H,24,29)/t18-/m0/s1. The van der Waals surface area contributed by atoms with Crippen molar-refractivity contribution in [1.82, 2.24) is 15.1 Å². The van der Waals surface area contributed by atoms with E-state index in [1.165, 1.54) is 11.3 Å². The van der Waals surface area contributed by atoms with E-state index in [0.29, 0.717) is 28.7 Å². The molecule has 1 aliphatic heterocycles. The van der Waals surface area contributed by atoms with Crippen molar-refractivity contribution < 1.29 is 14.3 Å². The smallest absolute Gasteiger partial charge is 0.286 e. The van der Waals surface area contributed by atoms with Gasteiger partial charge in [-0.1, -0.05) is 41.1 Å². The molecule has 160 valence electrons. The van der Waals surface area contributed by atoms with Gasteiger partial charge in [0.1, 0.15) is 10.8 Å². The molecule has 1 saturated heterocycles. The zero-order valence-corrected chi connectivity index (χ0v) is 18.4. The van der Waals surface area contributed by atoms with Gasteiger partial charge < -0.3 is 15.0 Å². The molecule has 1 atom stereocenters. The van der Waals surface area contributed by atoms with E-state index >= 15 is 0 Å². The van der Waals surface area contributed by atoms with Crippen molar-refractivity contribution in [2.24, 2.45) is 0 Å². The van der Waals surface area contributed by atoms with Crippen molar-refractivity contribution in [3.63, 3.8) is 0 Å². The Morgan fingerprint density at radius 3 is 2.77 bits per heavy atom. The highest BCUT2D eigenvalue weighted by molar-refractivity contribution is 7.13. The number of nitrogens with zero attached hydrogens (tertiary/aromatic N) is 3. The molecule has 3 aromatic rings. The van der Waals surface area contributed by atoms with E-state index in [2.05, 4.69) is 15.5 Å². The summed E-state index contributed by atoms with van der Waals surface area (Å²) in [4.78, 5) is 27.3. The molecule has 2 amide bonds.